The van der Waals surface area contributed by atoms with E-state index in [2.05, 4.69) is 21.3 Å². The number of nitrogens with one attached hydrogen (secondary N) is 4. The molecule has 6 N–H and O–H groups in total. The third kappa shape index (κ3) is 21.9. The SMILES string of the molecule is CC1=C(/C=C/C(C)=C/C=C/C(C)=C/C=C/C=C(C)/C=C/C=C(C)/C=C/C2=C(C)C(=O)C(OC(=O)CCNC(=O)NCCC(=O)O)CC2(C)C)C(C)(C)CC(OC(=O)CCNC(=O)NCCC(=O)O)C1=O. The summed E-state index contributed by atoms with van der Waals surface area (Å²) in [7, 11) is 0. The second-order valence-corrected chi connectivity index (χ2v) is 18.5. The maximum absolute atomic E-state index is 13.2. The molecular weight excluding hydrogens is 897 g/mol. The molecule has 380 valence electrons. The molecule has 0 aliphatic heterocycles. The van der Waals surface area contributed by atoms with E-state index in [0.717, 1.165) is 33.4 Å². The minimum absolute atomic E-state index is 0.0249. The summed E-state index contributed by atoms with van der Waals surface area (Å²) in [4.78, 5) is 96.1. The van der Waals surface area contributed by atoms with E-state index < -0.39 is 59.0 Å². The van der Waals surface area contributed by atoms with Crippen molar-refractivity contribution in [2.45, 2.75) is 120 Å². The average Bonchev–Trinajstić information content (AvgIpc) is 3.25. The molecule has 2 unspecified atom stereocenters. The maximum atomic E-state index is 13.2. The van der Waals surface area contributed by atoms with Gasteiger partial charge in [-0.3, -0.25) is 28.8 Å². The minimum Gasteiger partial charge on any atom is -0.481 e. The molecule has 0 aromatic heterocycles. The number of carboxylic acids is 2. The molecule has 70 heavy (non-hydrogen) atoms. The number of ether oxygens (including phenoxy) is 2. The van der Waals surface area contributed by atoms with Crippen LogP contribution in [0.1, 0.15) is 108 Å². The van der Waals surface area contributed by atoms with Crippen LogP contribution >= 0.6 is 0 Å². The number of ketones is 2. The normalized spacial score (nSPS) is 19.2. The first-order valence-corrected chi connectivity index (χ1v) is 23.3. The summed E-state index contributed by atoms with van der Waals surface area (Å²) >= 11 is 0. The number of hydrogen-bond donors (Lipinski definition) is 6. The van der Waals surface area contributed by atoms with Crippen molar-refractivity contribution in [1.82, 2.24) is 21.3 Å². The Bertz CT molecular complexity index is 2170. The molecular formula is C54H72N4O12. The van der Waals surface area contributed by atoms with Crippen LogP contribution in [0, 0.1) is 10.8 Å². The van der Waals surface area contributed by atoms with Gasteiger partial charge in [0.2, 0.25) is 0 Å². The molecule has 16 heteroatoms. The highest BCUT2D eigenvalue weighted by atomic mass is 16.6. The first-order chi connectivity index (χ1) is 32.8. The van der Waals surface area contributed by atoms with E-state index in [4.69, 9.17) is 19.7 Å². The molecule has 16 nitrogen and oxygen atoms in total. The lowest BCUT2D eigenvalue weighted by Crippen LogP contribution is -2.40. The molecule has 0 spiro atoms. The summed E-state index contributed by atoms with van der Waals surface area (Å²) in [6.45, 7) is 19.3. The van der Waals surface area contributed by atoms with Crippen molar-refractivity contribution in [2.75, 3.05) is 26.2 Å². The fourth-order valence-electron chi connectivity index (χ4n) is 7.44. The second kappa shape index (κ2) is 29.0. The van der Waals surface area contributed by atoms with Crippen LogP contribution in [0.4, 0.5) is 9.59 Å². The Morgan fingerprint density at radius 2 is 0.814 bits per heavy atom. The number of allylic oxidation sites excluding steroid dienone is 20. The van der Waals surface area contributed by atoms with Gasteiger partial charge in [-0.2, -0.15) is 0 Å². The van der Waals surface area contributed by atoms with E-state index in [-0.39, 0.29) is 63.4 Å². The summed E-state index contributed by atoms with van der Waals surface area (Å²) in [5.74, 6) is -3.84. The Morgan fingerprint density at radius 1 is 0.514 bits per heavy atom. The third-order valence-electron chi connectivity index (χ3n) is 11.3. The quantitative estimate of drug-likeness (QED) is 0.0395. The van der Waals surface area contributed by atoms with Gasteiger partial charge < -0.3 is 41.0 Å². The number of esters is 2. The Labute approximate surface area is 412 Å². The Balaban J connectivity index is 1.90. The van der Waals surface area contributed by atoms with Crippen molar-refractivity contribution in [3.8, 4) is 0 Å². The van der Waals surface area contributed by atoms with E-state index >= 15 is 0 Å². The van der Waals surface area contributed by atoms with Crippen molar-refractivity contribution in [1.29, 1.82) is 0 Å². The molecule has 0 radical (unpaired) electrons. The van der Waals surface area contributed by atoms with Gasteiger partial charge in [0.15, 0.2) is 23.8 Å². The maximum Gasteiger partial charge on any atom is 0.314 e. The fraction of sp³-hybridized carbons (Fsp3) is 0.444. The second-order valence-electron chi connectivity index (χ2n) is 18.5. The van der Waals surface area contributed by atoms with Crippen LogP contribution in [0.2, 0.25) is 0 Å². The predicted molar refractivity (Wildman–Crippen MR) is 269 cm³/mol. The van der Waals surface area contributed by atoms with E-state index in [1.54, 1.807) is 13.8 Å². The van der Waals surface area contributed by atoms with Crippen LogP contribution in [0.5, 0.6) is 0 Å². The highest BCUT2D eigenvalue weighted by Gasteiger charge is 2.41. The number of carbonyl (C=O) groups excluding carboxylic acids is 6. The standard InChI is InChI=1S/C54H72N4O12/c1-35(17-13-19-37(3)21-23-41-39(5)49(65)43(33-53(41,7)8)69-47(63)27-31-57-51(67)55-29-25-45(59)60)15-11-12-16-36(2)18-14-20-38(4)22-24-42-40(6)50(66)44(34-54(42,9)10)70-48(64)28-32-58-52(68)56-30-26-46(61)62/h11-24,43-44H,25-34H2,1-10H3,(H,59,60)(H,61,62)(H2,55,57,67)(H2,56,58,68)/b12-11+,17-13+,18-14+,23-21+,24-22+,35-15+,36-16+,37-19+,38-20+. The fourth-order valence-corrected chi connectivity index (χ4v) is 7.44. The van der Waals surface area contributed by atoms with Gasteiger partial charge in [0.25, 0.3) is 0 Å². The zero-order valence-electron chi connectivity index (χ0n) is 42.3. The van der Waals surface area contributed by atoms with Gasteiger partial charge in [-0.15, -0.1) is 0 Å². The van der Waals surface area contributed by atoms with Gasteiger partial charge >= 0.3 is 35.9 Å². The van der Waals surface area contributed by atoms with Crippen LogP contribution in [-0.2, 0) is 38.2 Å². The number of aliphatic carboxylic acids is 2. The van der Waals surface area contributed by atoms with Crippen molar-refractivity contribution in [3.05, 3.63) is 130 Å². The molecule has 0 fully saturated rings. The molecule has 4 amide bonds. The number of amides is 4. The molecule has 0 aromatic rings. The van der Waals surface area contributed by atoms with Crippen molar-refractivity contribution < 1.29 is 58.0 Å². The van der Waals surface area contributed by atoms with Gasteiger partial charge in [0.05, 0.1) is 25.7 Å². The lowest BCUT2D eigenvalue weighted by atomic mass is 9.71. The molecule has 2 aliphatic carbocycles. The molecule has 0 saturated carbocycles. The van der Waals surface area contributed by atoms with Crippen LogP contribution in [0.3, 0.4) is 0 Å². The summed E-state index contributed by atoms with van der Waals surface area (Å²) in [6.07, 6.45) is 25.6. The van der Waals surface area contributed by atoms with E-state index in [9.17, 15) is 38.4 Å². The highest BCUT2D eigenvalue weighted by Crippen LogP contribution is 2.42. The number of hydrogen-bond acceptors (Lipinski definition) is 10. The van der Waals surface area contributed by atoms with E-state index in [1.807, 2.05) is 140 Å². The van der Waals surface area contributed by atoms with E-state index in [1.165, 1.54) is 0 Å². The number of carboxylic acid groups (broad SMARTS) is 2. The van der Waals surface area contributed by atoms with Gasteiger partial charge in [0, 0.05) is 39.0 Å². The zero-order valence-corrected chi connectivity index (χ0v) is 42.3. The summed E-state index contributed by atoms with van der Waals surface area (Å²) in [6, 6.07) is -1.19. The third-order valence-corrected chi connectivity index (χ3v) is 11.3. The highest BCUT2D eigenvalue weighted by molar-refractivity contribution is 6.02. The summed E-state index contributed by atoms with van der Waals surface area (Å²) in [5.41, 5.74) is 5.88. The Morgan fingerprint density at radius 3 is 1.14 bits per heavy atom. The summed E-state index contributed by atoms with van der Waals surface area (Å²) in [5, 5.41) is 27.0. The first-order valence-electron chi connectivity index (χ1n) is 23.3. The van der Waals surface area contributed by atoms with Crippen molar-refractivity contribution in [3.63, 3.8) is 0 Å². The van der Waals surface area contributed by atoms with Crippen LogP contribution in [-0.4, -0.2) is 96.1 Å². The molecule has 0 heterocycles. The van der Waals surface area contributed by atoms with Gasteiger partial charge in [-0.05, 0) is 74.7 Å². The van der Waals surface area contributed by atoms with Gasteiger partial charge in [-0.1, -0.05) is 135 Å². The lowest BCUT2D eigenvalue weighted by Gasteiger charge is -2.36. The number of Topliss-reactive ketones (excluding diaryl/α,β-unsaturated/α-hetero) is 2. The van der Waals surface area contributed by atoms with Crippen molar-refractivity contribution in [2.24, 2.45) is 10.8 Å². The minimum atomic E-state index is -1.04. The zero-order chi connectivity index (χ0) is 52.6. The Kier molecular flexibility index (Phi) is 24.5. The molecule has 2 rings (SSSR count). The average molecular weight is 969 g/mol. The van der Waals surface area contributed by atoms with Crippen molar-refractivity contribution >= 4 is 47.5 Å². The predicted octanol–water partition coefficient (Wildman–Crippen LogP) is 8.34. The first kappa shape index (κ1) is 59.0. The largest absolute Gasteiger partial charge is 0.481 e. The van der Waals surface area contributed by atoms with E-state index in [0.29, 0.717) is 24.0 Å². The topological polar surface area (TPSA) is 244 Å². The number of rotatable bonds is 24. The van der Waals surface area contributed by atoms with Gasteiger partial charge in [0.1, 0.15) is 0 Å². The molecule has 2 aliphatic rings. The van der Waals surface area contributed by atoms with Crippen LogP contribution in [0.25, 0.3) is 0 Å². The van der Waals surface area contributed by atoms with Gasteiger partial charge in [-0.25, -0.2) is 9.59 Å². The summed E-state index contributed by atoms with van der Waals surface area (Å²) < 4.78 is 11.0. The van der Waals surface area contributed by atoms with Crippen LogP contribution in [0.15, 0.2) is 130 Å². The van der Waals surface area contributed by atoms with Crippen LogP contribution < -0.4 is 21.3 Å². The molecule has 2 atom stereocenters. The monoisotopic (exact) mass is 969 g/mol. The molecule has 0 saturated heterocycles. The lowest BCUT2D eigenvalue weighted by molar-refractivity contribution is -0.156. The Hall–Kier alpha value is -7.10. The number of carbonyl (C=O) groups is 8. The molecule has 0 aromatic carbocycles. The smallest absolute Gasteiger partial charge is 0.314 e. The number of urea groups is 2. The molecule has 0 bridgehead atoms.